The van der Waals surface area contributed by atoms with Crippen LogP contribution >= 0.6 is 0 Å². The molecule has 0 radical (unpaired) electrons. The molecule has 0 unspecified atom stereocenters. The van der Waals surface area contributed by atoms with E-state index in [-0.39, 0.29) is 0 Å². The molecular formula is C11H19N3. The van der Waals surface area contributed by atoms with Gasteiger partial charge in [0.05, 0.1) is 6.54 Å². The average Bonchev–Trinajstić information content (AvgIpc) is 2.72. The average molecular weight is 193 g/mol. The third-order valence-electron chi connectivity index (χ3n) is 3.21. The molecule has 1 aliphatic heterocycles. The Labute approximate surface area is 85.5 Å². The molecule has 0 atom stereocenters. The Morgan fingerprint density at radius 2 is 2.29 bits per heavy atom. The monoisotopic (exact) mass is 193 g/mol. The molecule has 78 valence electrons. The van der Waals surface area contributed by atoms with Crippen molar-refractivity contribution in [2.45, 2.75) is 32.7 Å². The van der Waals surface area contributed by atoms with Crippen molar-refractivity contribution in [2.24, 2.45) is 5.92 Å². The zero-order chi connectivity index (χ0) is 9.80. The molecule has 0 spiro atoms. The van der Waals surface area contributed by atoms with Gasteiger partial charge in [0.15, 0.2) is 0 Å². The number of imidazole rings is 1. The zero-order valence-corrected chi connectivity index (χ0v) is 8.87. The van der Waals surface area contributed by atoms with Gasteiger partial charge < -0.3 is 4.98 Å². The summed E-state index contributed by atoms with van der Waals surface area (Å²) in [5.41, 5.74) is 0. The third-order valence-corrected chi connectivity index (χ3v) is 3.21. The van der Waals surface area contributed by atoms with Crippen LogP contribution in [0.5, 0.6) is 0 Å². The van der Waals surface area contributed by atoms with Crippen LogP contribution in [0.3, 0.4) is 0 Å². The van der Waals surface area contributed by atoms with E-state index in [1.165, 1.54) is 32.4 Å². The number of hydrogen-bond donors (Lipinski definition) is 1. The first-order valence-electron chi connectivity index (χ1n) is 5.59. The molecule has 3 heteroatoms. The van der Waals surface area contributed by atoms with Gasteiger partial charge in [-0.15, -0.1) is 0 Å². The van der Waals surface area contributed by atoms with E-state index < -0.39 is 0 Å². The molecule has 0 aromatic carbocycles. The Morgan fingerprint density at radius 3 is 2.86 bits per heavy atom. The molecule has 1 aromatic heterocycles. The van der Waals surface area contributed by atoms with Crippen LogP contribution in [0.1, 0.15) is 32.0 Å². The van der Waals surface area contributed by atoms with E-state index in [0.29, 0.717) is 0 Å². The van der Waals surface area contributed by atoms with Crippen molar-refractivity contribution in [3.05, 3.63) is 18.2 Å². The second-order valence-corrected chi connectivity index (χ2v) is 4.16. The van der Waals surface area contributed by atoms with Gasteiger partial charge in [0.2, 0.25) is 0 Å². The number of H-pyrrole nitrogens is 1. The molecule has 2 rings (SSSR count). The molecule has 0 bridgehead atoms. The van der Waals surface area contributed by atoms with Crippen LogP contribution in [0.15, 0.2) is 12.4 Å². The number of nitrogens with zero attached hydrogens (tertiary/aromatic N) is 2. The van der Waals surface area contributed by atoms with Crippen LogP contribution in [0.4, 0.5) is 0 Å². The van der Waals surface area contributed by atoms with Crippen molar-refractivity contribution in [2.75, 3.05) is 13.1 Å². The van der Waals surface area contributed by atoms with Crippen LogP contribution < -0.4 is 0 Å². The summed E-state index contributed by atoms with van der Waals surface area (Å²) in [5, 5.41) is 0. The highest BCUT2D eigenvalue weighted by Crippen LogP contribution is 2.20. The smallest absolute Gasteiger partial charge is 0.120 e. The summed E-state index contributed by atoms with van der Waals surface area (Å²) in [7, 11) is 0. The van der Waals surface area contributed by atoms with Crippen molar-refractivity contribution >= 4 is 0 Å². The Morgan fingerprint density at radius 1 is 1.50 bits per heavy atom. The molecule has 14 heavy (non-hydrogen) atoms. The van der Waals surface area contributed by atoms with E-state index >= 15 is 0 Å². The molecule has 1 N–H and O–H groups in total. The number of piperidine rings is 1. The first-order chi connectivity index (χ1) is 6.88. The van der Waals surface area contributed by atoms with Crippen LogP contribution in [-0.4, -0.2) is 28.0 Å². The third kappa shape index (κ3) is 2.35. The predicted octanol–water partition coefficient (Wildman–Crippen LogP) is 2.03. The highest BCUT2D eigenvalue weighted by Gasteiger charge is 2.17. The molecule has 1 aromatic rings. The van der Waals surface area contributed by atoms with Gasteiger partial charge in [-0.3, -0.25) is 4.90 Å². The lowest BCUT2D eigenvalue weighted by Crippen LogP contribution is -2.33. The SMILES string of the molecule is CCC1CCN(Cc2ncc[nH]2)CC1. The molecule has 0 aliphatic carbocycles. The standard InChI is InChI=1S/C11H19N3/c1-2-10-3-7-14(8-4-10)9-11-12-5-6-13-11/h5-6,10H,2-4,7-9H2,1H3,(H,12,13). The van der Waals surface area contributed by atoms with Crippen LogP contribution in [0, 0.1) is 5.92 Å². The van der Waals surface area contributed by atoms with Crippen molar-refractivity contribution < 1.29 is 0 Å². The number of likely N-dealkylation sites (tertiary alicyclic amines) is 1. The summed E-state index contributed by atoms with van der Waals surface area (Å²) >= 11 is 0. The van der Waals surface area contributed by atoms with Gasteiger partial charge in [0, 0.05) is 12.4 Å². The molecule has 2 heterocycles. The summed E-state index contributed by atoms with van der Waals surface area (Å²) in [6.07, 6.45) is 7.78. The van der Waals surface area contributed by atoms with Gasteiger partial charge in [0.25, 0.3) is 0 Å². The van der Waals surface area contributed by atoms with Crippen LogP contribution in [0.2, 0.25) is 0 Å². The molecule has 1 fully saturated rings. The first-order valence-corrected chi connectivity index (χ1v) is 5.59. The van der Waals surface area contributed by atoms with Crippen LogP contribution in [-0.2, 0) is 6.54 Å². The molecule has 1 saturated heterocycles. The summed E-state index contributed by atoms with van der Waals surface area (Å²) in [6.45, 7) is 5.76. The molecular weight excluding hydrogens is 174 g/mol. The fraction of sp³-hybridized carbons (Fsp3) is 0.727. The van der Waals surface area contributed by atoms with E-state index in [1.54, 1.807) is 0 Å². The van der Waals surface area contributed by atoms with Gasteiger partial charge in [-0.05, 0) is 31.8 Å². The lowest BCUT2D eigenvalue weighted by atomic mass is 9.94. The molecule has 0 saturated carbocycles. The topological polar surface area (TPSA) is 31.9 Å². The van der Waals surface area contributed by atoms with Gasteiger partial charge in [-0.1, -0.05) is 13.3 Å². The second kappa shape index (κ2) is 4.60. The van der Waals surface area contributed by atoms with Gasteiger partial charge in [0.1, 0.15) is 5.82 Å². The Kier molecular flexibility index (Phi) is 3.19. The Hall–Kier alpha value is -0.830. The highest BCUT2D eigenvalue weighted by atomic mass is 15.1. The Balaban J connectivity index is 1.79. The maximum atomic E-state index is 4.25. The summed E-state index contributed by atoms with van der Waals surface area (Å²) in [4.78, 5) is 9.90. The van der Waals surface area contributed by atoms with E-state index in [1.807, 2.05) is 12.4 Å². The molecule has 1 aliphatic rings. The van der Waals surface area contributed by atoms with E-state index in [2.05, 4.69) is 21.8 Å². The maximum absolute atomic E-state index is 4.25. The maximum Gasteiger partial charge on any atom is 0.120 e. The lowest BCUT2D eigenvalue weighted by molar-refractivity contribution is 0.172. The minimum Gasteiger partial charge on any atom is -0.348 e. The minimum absolute atomic E-state index is 0.961. The normalized spacial score (nSPS) is 20.1. The largest absolute Gasteiger partial charge is 0.348 e. The number of hydrogen-bond acceptors (Lipinski definition) is 2. The highest BCUT2D eigenvalue weighted by molar-refractivity contribution is 4.87. The number of rotatable bonds is 3. The van der Waals surface area contributed by atoms with Gasteiger partial charge >= 0.3 is 0 Å². The summed E-state index contributed by atoms with van der Waals surface area (Å²) in [6, 6.07) is 0. The lowest BCUT2D eigenvalue weighted by Gasteiger charge is -2.30. The fourth-order valence-electron chi connectivity index (χ4n) is 2.15. The second-order valence-electron chi connectivity index (χ2n) is 4.16. The van der Waals surface area contributed by atoms with E-state index in [4.69, 9.17) is 0 Å². The Bertz CT molecular complexity index is 248. The van der Waals surface area contributed by atoms with Crippen molar-refractivity contribution in [1.29, 1.82) is 0 Å². The van der Waals surface area contributed by atoms with Gasteiger partial charge in [-0.2, -0.15) is 0 Å². The van der Waals surface area contributed by atoms with E-state index in [0.717, 1.165) is 18.3 Å². The zero-order valence-electron chi connectivity index (χ0n) is 8.87. The first kappa shape index (κ1) is 9.71. The number of aromatic nitrogens is 2. The van der Waals surface area contributed by atoms with Gasteiger partial charge in [-0.25, -0.2) is 4.98 Å². The summed E-state index contributed by atoms with van der Waals surface area (Å²) < 4.78 is 0. The van der Waals surface area contributed by atoms with Crippen molar-refractivity contribution in [3.8, 4) is 0 Å². The van der Waals surface area contributed by atoms with E-state index in [9.17, 15) is 0 Å². The van der Waals surface area contributed by atoms with Crippen LogP contribution in [0.25, 0.3) is 0 Å². The molecule has 0 amide bonds. The number of nitrogens with one attached hydrogen (secondary N) is 1. The fourth-order valence-corrected chi connectivity index (χ4v) is 2.15. The van der Waals surface area contributed by atoms with Crippen molar-refractivity contribution in [3.63, 3.8) is 0 Å². The predicted molar refractivity (Wildman–Crippen MR) is 56.9 cm³/mol. The minimum atomic E-state index is 0.961. The van der Waals surface area contributed by atoms with Crippen molar-refractivity contribution in [1.82, 2.24) is 14.9 Å². The quantitative estimate of drug-likeness (QED) is 0.796. The number of aromatic amines is 1. The molecule has 3 nitrogen and oxygen atoms in total. The summed E-state index contributed by atoms with van der Waals surface area (Å²) in [5.74, 6) is 2.06.